The third kappa shape index (κ3) is 4.25. The van der Waals surface area contributed by atoms with Gasteiger partial charge in [0.15, 0.2) is 0 Å². The normalized spacial score (nSPS) is 14.9. The highest BCUT2D eigenvalue weighted by molar-refractivity contribution is 8.09. The lowest BCUT2D eigenvalue weighted by Crippen LogP contribution is -2.07. The molecule has 3 aromatic carbocycles. The van der Waals surface area contributed by atoms with Crippen molar-refractivity contribution in [2.45, 2.75) is 29.1 Å². The summed E-state index contributed by atoms with van der Waals surface area (Å²) >= 11 is 3.66. The molecule has 1 heterocycles. The van der Waals surface area contributed by atoms with Crippen molar-refractivity contribution in [1.82, 2.24) is 0 Å². The van der Waals surface area contributed by atoms with Crippen LogP contribution in [0.25, 0.3) is 4.91 Å². The zero-order valence-corrected chi connectivity index (χ0v) is 18.8. The molecule has 3 aromatic rings. The van der Waals surface area contributed by atoms with Gasteiger partial charge in [-0.3, -0.25) is 10.1 Å². The third-order valence-electron chi connectivity index (χ3n) is 5.42. The van der Waals surface area contributed by atoms with Gasteiger partial charge < -0.3 is 0 Å². The average molecular weight is 454 g/mol. The van der Waals surface area contributed by atoms with Gasteiger partial charge in [-0.1, -0.05) is 71.8 Å². The van der Waals surface area contributed by atoms with E-state index >= 15 is 0 Å². The zero-order chi connectivity index (χ0) is 21.9. The Bertz CT molecular complexity index is 1310. The van der Waals surface area contributed by atoms with Gasteiger partial charge in [0.05, 0.1) is 4.92 Å². The molecule has 0 fully saturated rings. The topological polar surface area (TPSA) is 43.1 Å². The molecule has 0 radical (unpaired) electrons. The van der Waals surface area contributed by atoms with Gasteiger partial charge in [-0.15, -0.1) is 0 Å². The molecule has 0 N–H and O–H groups in total. The molecule has 0 bridgehead atoms. The molecule has 32 heavy (non-hydrogen) atoms. The molecule has 0 saturated heterocycles. The molecule has 0 saturated carbocycles. The van der Waals surface area contributed by atoms with Gasteiger partial charge in [0.1, 0.15) is 0 Å². The molecule has 5 rings (SSSR count). The molecule has 1 aliphatic heterocycles. The summed E-state index contributed by atoms with van der Waals surface area (Å²) in [4.78, 5) is 15.6. The number of fused-ring (bicyclic) bond motifs is 2. The maximum atomic E-state index is 10.9. The highest BCUT2D eigenvalue weighted by Gasteiger charge is 2.28. The van der Waals surface area contributed by atoms with Crippen LogP contribution in [0.4, 0.5) is 5.69 Å². The quantitative estimate of drug-likeness (QED) is 0.232. The van der Waals surface area contributed by atoms with Crippen LogP contribution >= 0.6 is 23.5 Å². The van der Waals surface area contributed by atoms with E-state index in [2.05, 4.69) is 60.4 Å². The first-order chi connectivity index (χ1) is 15.7. The van der Waals surface area contributed by atoms with E-state index in [1.807, 2.05) is 29.6 Å². The van der Waals surface area contributed by atoms with Crippen molar-refractivity contribution in [3.05, 3.63) is 116 Å². The van der Waals surface area contributed by atoms with Crippen LogP contribution in [0, 0.1) is 22.0 Å². The molecule has 3 nitrogen and oxygen atoms in total. The fraction of sp³-hybridized carbons (Fsp3) is 0.111. The third-order valence-corrected chi connectivity index (χ3v) is 7.87. The minimum Gasteiger partial charge on any atom is -0.258 e. The van der Waals surface area contributed by atoms with Crippen molar-refractivity contribution in [3.8, 4) is 11.8 Å². The monoisotopic (exact) mass is 453 g/mol. The Morgan fingerprint density at radius 2 is 1.62 bits per heavy atom. The second-order valence-electron chi connectivity index (χ2n) is 7.54. The number of thioether (sulfide) groups is 2. The van der Waals surface area contributed by atoms with Crippen LogP contribution in [0.15, 0.2) is 105 Å². The molecule has 5 heteroatoms. The number of hydrogen-bond acceptors (Lipinski definition) is 4. The van der Waals surface area contributed by atoms with E-state index in [1.165, 1.54) is 42.9 Å². The van der Waals surface area contributed by atoms with Crippen LogP contribution in [0.2, 0.25) is 0 Å². The predicted octanol–water partition coefficient (Wildman–Crippen LogP) is 7.69. The van der Waals surface area contributed by atoms with Crippen molar-refractivity contribution in [3.63, 3.8) is 0 Å². The lowest BCUT2D eigenvalue weighted by atomic mass is 9.93. The number of benzene rings is 3. The molecule has 0 atom stereocenters. The fourth-order valence-corrected chi connectivity index (χ4v) is 6.39. The van der Waals surface area contributed by atoms with E-state index in [-0.39, 0.29) is 10.6 Å². The Morgan fingerprint density at radius 1 is 0.875 bits per heavy atom. The highest BCUT2D eigenvalue weighted by atomic mass is 32.2. The lowest BCUT2D eigenvalue weighted by Gasteiger charge is -2.29. The molecule has 156 valence electrons. The Morgan fingerprint density at radius 3 is 2.41 bits per heavy atom. The summed E-state index contributed by atoms with van der Waals surface area (Å²) in [6.07, 6.45) is 3.08. The van der Waals surface area contributed by atoms with Crippen LogP contribution in [-0.2, 0) is 0 Å². The molecule has 0 amide bonds. The first-order valence-electron chi connectivity index (χ1n) is 10.4. The number of rotatable bonds is 3. The first-order valence-corrected chi connectivity index (χ1v) is 12.1. The zero-order valence-electron chi connectivity index (χ0n) is 17.2. The smallest absolute Gasteiger partial charge is 0.258 e. The largest absolute Gasteiger partial charge is 0.269 e. The molecule has 1 aliphatic carbocycles. The predicted molar refractivity (Wildman–Crippen MR) is 132 cm³/mol. The van der Waals surface area contributed by atoms with Crippen LogP contribution in [0.5, 0.6) is 0 Å². The summed E-state index contributed by atoms with van der Waals surface area (Å²) in [6, 6.07) is 25.6. The summed E-state index contributed by atoms with van der Waals surface area (Å²) < 4.78 is 0. The summed E-state index contributed by atoms with van der Waals surface area (Å²) in [6.45, 7) is 0. The van der Waals surface area contributed by atoms with Crippen molar-refractivity contribution in [2.24, 2.45) is 0 Å². The number of nitro benzene ring substituents is 1. The van der Waals surface area contributed by atoms with Gasteiger partial charge in [-0.05, 0) is 55.2 Å². The molecule has 2 aliphatic rings. The molecular formula is C27H19NO2S2. The van der Waals surface area contributed by atoms with Gasteiger partial charge in [0.25, 0.3) is 5.69 Å². The van der Waals surface area contributed by atoms with Gasteiger partial charge in [-0.25, -0.2) is 0 Å². The number of nitro groups is 1. The highest BCUT2D eigenvalue weighted by Crippen LogP contribution is 2.54. The Kier molecular flexibility index (Phi) is 5.89. The SMILES string of the molecule is O=[N+]([O-])c1ccc(C#CC2=C3Sc4ccccc4C(Sc4ccccc4)=C3CCC2)cc1. The standard InChI is InChI=1S/C27H19NO2S2/c29-28(30)21-17-14-19(15-18-21)13-16-20-7-6-11-24-26(20)32-25-12-5-4-10-23(25)27(24)31-22-8-2-1-3-9-22/h1-5,8-10,12,14-15,17-18H,6-7,11H2. The fourth-order valence-electron chi connectivity index (χ4n) is 3.86. The van der Waals surface area contributed by atoms with Crippen LogP contribution < -0.4 is 0 Å². The van der Waals surface area contributed by atoms with E-state index in [0.29, 0.717) is 0 Å². The molecular weight excluding hydrogens is 434 g/mol. The van der Waals surface area contributed by atoms with Crippen molar-refractivity contribution >= 4 is 34.1 Å². The Labute approximate surface area is 195 Å². The molecule has 0 unspecified atom stereocenters. The van der Waals surface area contributed by atoms with Crippen molar-refractivity contribution in [1.29, 1.82) is 0 Å². The summed E-state index contributed by atoms with van der Waals surface area (Å²) in [5, 5.41) is 10.9. The summed E-state index contributed by atoms with van der Waals surface area (Å²) in [5.41, 5.74) is 4.73. The van der Waals surface area contributed by atoms with Gasteiger partial charge >= 0.3 is 0 Å². The van der Waals surface area contributed by atoms with E-state index in [1.54, 1.807) is 12.1 Å². The van der Waals surface area contributed by atoms with E-state index < -0.39 is 0 Å². The summed E-state index contributed by atoms with van der Waals surface area (Å²) in [7, 11) is 0. The van der Waals surface area contributed by atoms with Gasteiger partial charge in [0.2, 0.25) is 0 Å². The van der Waals surface area contributed by atoms with Crippen molar-refractivity contribution in [2.75, 3.05) is 0 Å². The van der Waals surface area contributed by atoms with Gasteiger partial charge in [-0.2, -0.15) is 0 Å². The Hall–Kier alpha value is -3.20. The van der Waals surface area contributed by atoms with Crippen LogP contribution in [-0.4, -0.2) is 4.92 Å². The lowest BCUT2D eigenvalue weighted by molar-refractivity contribution is -0.384. The first kappa shape index (κ1) is 20.7. The second-order valence-corrected chi connectivity index (χ2v) is 9.67. The maximum Gasteiger partial charge on any atom is 0.269 e. The van der Waals surface area contributed by atoms with E-state index in [0.717, 1.165) is 30.4 Å². The van der Waals surface area contributed by atoms with E-state index in [4.69, 9.17) is 0 Å². The Balaban J connectivity index is 1.57. The number of allylic oxidation sites excluding steroid dienone is 2. The van der Waals surface area contributed by atoms with Crippen LogP contribution in [0.3, 0.4) is 0 Å². The minimum atomic E-state index is -0.387. The molecule has 0 spiro atoms. The van der Waals surface area contributed by atoms with Crippen molar-refractivity contribution < 1.29 is 4.92 Å². The number of non-ortho nitro benzene ring substituents is 1. The molecule has 0 aromatic heterocycles. The van der Waals surface area contributed by atoms with E-state index in [9.17, 15) is 10.1 Å². The average Bonchev–Trinajstić information content (AvgIpc) is 2.83. The van der Waals surface area contributed by atoms with Gasteiger partial charge in [0, 0.05) is 48.4 Å². The van der Waals surface area contributed by atoms with Crippen LogP contribution in [0.1, 0.15) is 30.4 Å². The minimum absolute atomic E-state index is 0.0856. The number of nitrogens with zero attached hydrogens (tertiary/aromatic N) is 1. The maximum absolute atomic E-state index is 10.9. The second kappa shape index (κ2) is 9.12. The number of hydrogen-bond donors (Lipinski definition) is 0. The summed E-state index contributed by atoms with van der Waals surface area (Å²) in [5.74, 6) is 6.63.